The molecule has 1 amide bonds. The van der Waals surface area contributed by atoms with Crippen LogP contribution in [0.4, 0.5) is 0 Å². The first-order valence-electron chi connectivity index (χ1n) is 8.37. The number of aromatic nitrogens is 3. The van der Waals surface area contributed by atoms with E-state index in [1.54, 1.807) is 16.6 Å². The van der Waals surface area contributed by atoms with E-state index in [4.69, 9.17) is 11.6 Å². The molecule has 2 aromatic carbocycles. The zero-order valence-electron chi connectivity index (χ0n) is 15.3. The molecule has 0 spiro atoms. The number of carbonyl (C=O) groups is 1. The highest BCUT2D eigenvalue weighted by atomic mass is 35.5. The molecule has 0 saturated carbocycles. The molecule has 3 aromatic rings. The lowest BCUT2D eigenvalue weighted by Gasteiger charge is -2.25. The Labute approximate surface area is 158 Å². The third-order valence-electron chi connectivity index (χ3n) is 4.62. The van der Waals surface area contributed by atoms with Crippen molar-refractivity contribution in [2.45, 2.75) is 19.9 Å². The van der Waals surface area contributed by atoms with Crippen LogP contribution >= 0.6 is 11.6 Å². The van der Waals surface area contributed by atoms with Gasteiger partial charge in [0.05, 0.1) is 6.04 Å². The van der Waals surface area contributed by atoms with Gasteiger partial charge in [-0.3, -0.25) is 9.48 Å². The standard InChI is InChI=1S/C20H21ClN4O/c1-13(15-9-11-18(21)12-10-15)24(3)20(26)17-7-5-16(6-8-17)19-22-14(2)25(4)23-19/h5-13H,1-4H3. The molecule has 1 aromatic heterocycles. The Morgan fingerprint density at radius 3 is 2.27 bits per heavy atom. The molecular weight excluding hydrogens is 348 g/mol. The molecule has 5 nitrogen and oxygen atoms in total. The van der Waals surface area contributed by atoms with Gasteiger partial charge in [0, 0.05) is 30.2 Å². The van der Waals surface area contributed by atoms with E-state index in [0.717, 1.165) is 17.0 Å². The fraction of sp³-hybridized carbons (Fsp3) is 0.250. The summed E-state index contributed by atoms with van der Waals surface area (Å²) < 4.78 is 1.73. The summed E-state index contributed by atoms with van der Waals surface area (Å²) >= 11 is 5.94. The number of carbonyl (C=O) groups excluding carboxylic acids is 1. The number of hydrogen-bond donors (Lipinski definition) is 0. The molecule has 134 valence electrons. The third kappa shape index (κ3) is 3.63. The van der Waals surface area contributed by atoms with Gasteiger partial charge in [-0.25, -0.2) is 4.98 Å². The van der Waals surface area contributed by atoms with Gasteiger partial charge < -0.3 is 4.90 Å². The predicted octanol–water partition coefficient (Wildman–Crippen LogP) is 4.28. The number of aryl methyl sites for hydroxylation is 2. The summed E-state index contributed by atoms with van der Waals surface area (Å²) in [5.41, 5.74) is 2.55. The first-order valence-corrected chi connectivity index (χ1v) is 8.75. The van der Waals surface area contributed by atoms with Crippen LogP contribution in [0.25, 0.3) is 11.4 Å². The van der Waals surface area contributed by atoms with Gasteiger partial charge in [0.25, 0.3) is 5.91 Å². The monoisotopic (exact) mass is 368 g/mol. The number of rotatable bonds is 4. The summed E-state index contributed by atoms with van der Waals surface area (Å²) in [7, 11) is 3.66. The zero-order chi connectivity index (χ0) is 18.8. The molecule has 1 heterocycles. The number of amides is 1. The Morgan fingerprint density at radius 2 is 1.73 bits per heavy atom. The molecule has 0 saturated heterocycles. The van der Waals surface area contributed by atoms with Crippen LogP contribution in [0.1, 0.15) is 34.7 Å². The highest BCUT2D eigenvalue weighted by Gasteiger charge is 2.19. The van der Waals surface area contributed by atoms with Crippen LogP contribution in [0.3, 0.4) is 0 Å². The molecule has 1 atom stereocenters. The Hall–Kier alpha value is -2.66. The van der Waals surface area contributed by atoms with Crippen molar-refractivity contribution in [1.82, 2.24) is 19.7 Å². The minimum atomic E-state index is -0.0560. The van der Waals surface area contributed by atoms with Crippen molar-refractivity contribution in [2.75, 3.05) is 7.05 Å². The molecule has 3 rings (SSSR count). The molecule has 26 heavy (non-hydrogen) atoms. The largest absolute Gasteiger partial charge is 0.335 e. The van der Waals surface area contributed by atoms with Crippen molar-refractivity contribution in [3.05, 3.63) is 70.5 Å². The Balaban J connectivity index is 1.77. The van der Waals surface area contributed by atoms with Gasteiger partial charge in [-0.2, -0.15) is 5.10 Å². The SMILES string of the molecule is Cc1nc(-c2ccc(C(=O)N(C)C(C)c3ccc(Cl)cc3)cc2)nn1C. The van der Waals surface area contributed by atoms with Gasteiger partial charge in [0.1, 0.15) is 5.82 Å². The molecule has 0 aliphatic carbocycles. The predicted molar refractivity (Wildman–Crippen MR) is 103 cm³/mol. The normalized spacial score (nSPS) is 12.0. The fourth-order valence-electron chi connectivity index (χ4n) is 2.69. The smallest absolute Gasteiger partial charge is 0.254 e. The highest BCUT2D eigenvalue weighted by Crippen LogP contribution is 2.23. The maximum atomic E-state index is 12.8. The molecular formula is C20H21ClN4O. The van der Waals surface area contributed by atoms with E-state index in [9.17, 15) is 4.79 Å². The van der Waals surface area contributed by atoms with Crippen LogP contribution in [0, 0.1) is 6.92 Å². The summed E-state index contributed by atoms with van der Waals surface area (Å²) in [5.74, 6) is 1.47. The van der Waals surface area contributed by atoms with Crippen molar-refractivity contribution in [2.24, 2.45) is 7.05 Å². The average molecular weight is 369 g/mol. The molecule has 0 bridgehead atoms. The number of benzene rings is 2. The molecule has 0 radical (unpaired) electrons. The summed E-state index contributed by atoms with van der Waals surface area (Å²) in [4.78, 5) is 18.9. The number of hydrogen-bond acceptors (Lipinski definition) is 3. The second-order valence-corrected chi connectivity index (χ2v) is 6.76. The fourth-order valence-corrected chi connectivity index (χ4v) is 2.82. The molecule has 0 aliphatic rings. The van der Waals surface area contributed by atoms with Gasteiger partial charge in [-0.15, -0.1) is 0 Å². The summed E-state index contributed by atoms with van der Waals surface area (Å²) in [5, 5.41) is 5.05. The van der Waals surface area contributed by atoms with Crippen LogP contribution in [-0.4, -0.2) is 32.6 Å². The second kappa shape index (κ2) is 7.30. The lowest BCUT2D eigenvalue weighted by atomic mass is 10.1. The molecule has 6 heteroatoms. The van der Waals surface area contributed by atoms with E-state index < -0.39 is 0 Å². The molecule has 0 N–H and O–H groups in total. The van der Waals surface area contributed by atoms with Crippen LogP contribution in [0.2, 0.25) is 5.02 Å². The third-order valence-corrected chi connectivity index (χ3v) is 4.88. The van der Waals surface area contributed by atoms with Gasteiger partial charge in [0.15, 0.2) is 5.82 Å². The summed E-state index contributed by atoms with van der Waals surface area (Å²) in [6.45, 7) is 3.90. The van der Waals surface area contributed by atoms with Crippen LogP contribution in [-0.2, 0) is 7.05 Å². The van der Waals surface area contributed by atoms with Crippen molar-refractivity contribution in [3.8, 4) is 11.4 Å². The van der Waals surface area contributed by atoms with E-state index in [2.05, 4.69) is 10.1 Å². The summed E-state index contributed by atoms with van der Waals surface area (Å²) in [6.07, 6.45) is 0. The van der Waals surface area contributed by atoms with Gasteiger partial charge in [-0.05, 0) is 43.7 Å². The van der Waals surface area contributed by atoms with Crippen molar-refractivity contribution >= 4 is 17.5 Å². The van der Waals surface area contributed by atoms with Crippen molar-refractivity contribution < 1.29 is 4.79 Å². The van der Waals surface area contributed by atoms with Crippen molar-refractivity contribution in [3.63, 3.8) is 0 Å². The maximum absolute atomic E-state index is 12.8. The van der Waals surface area contributed by atoms with Crippen LogP contribution in [0.5, 0.6) is 0 Å². The maximum Gasteiger partial charge on any atom is 0.254 e. The van der Waals surface area contributed by atoms with Gasteiger partial charge in [0.2, 0.25) is 0 Å². The topological polar surface area (TPSA) is 51.0 Å². The van der Waals surface area contributed by atoms with Gasteiger partial charge in [-0.1, -0.05) is 35.9 Å². The second-order valence-electron chi connectivity index (χ2n) is 6.33. The van der Waals surface area contributed by atoms with E-state index in [1.807, 2.05) is 69.4 Å². The van der Waals surface area contributed by atoms with Crippen LogP contribution in [0.15, 0.2) is 48.5 Å². The highest BCUT2D eigenvalue weighted by molar-refractivity contribution is 6.30. The molecule has 0 aliphatic heterocycles. The number of halogens is 1. The van der Waals surface area contributed by atoms with E-state index in [0.29, 0.717) is 16.4 Å². The van der Waals surface area contributed by atoms with E-state index in [1.165, 1.54) is 0 Å². The van der Waals surface area contributed by atoms with Crippen molar-refractivity contribution in [1.29, 1.82) is 0 Å². The van der Waals surface area contributed by atoms with E-state index >= 15 is 0 Å². The zero-order valence-corrected chi connectivity index (χ0v) is 16.0. The van der Waals surface area contributed by atoms with Crippen LogP contribution < -0.4 is 0 Å². The molecule has 1 unspecified atom stereocenters. The Bertz CT molecular complexity index is 896. The summed E-state index contributed by atoms with van der Waals surface area (Å²) in [6, 6.07) is 14.9. The quantitative estimate of drug-likeness (QED) is 0.690. The van der Waals surface area contributed by atoms with E-state index in [-0.39, 0.29) is 11.9 Å². The minimum Gasteiger partial charge on any atom is -0.335 e. The lowest BCUT2D eigenvalue weighted by Crippen LogP contribution is -2.29. The first kappa shape index (κ1) is 18.1. The van der Waals surface area contributed by atoms with Gasteiger partial charge >= 0.3 is 0 Å². The average Bonchev–Trinajstić information content (AvgIpc) is 2.99. The Morgan fingerprint density at radius 1 is 1.12 bits per heavy atom. The number of nitrogens with zero attached hydrogens (tertiary/aromatic N) is 4. The lowest BCUT2D eigenvalue weighted by molar-refractivity contribution is 0.0742. The molecule has 0 fully saturated rings. The Kier molecular flexibility index (Phi) is 5.09. The minimum absolute atomic E-state index is 0.0378. The first-order chi connectivity index (χ1) is 12.4.